The molecule has 1 aromatic carbocycles. The van der Waals surface area contributed by atoms with E-state index in [1.54, 1.807) is 12.4 Å². The summed E-state index contributed by atoms with van der Waals surface area (Å²) in [4.78, 5) is 7.90. The molecule has 3 heterocycles. The van der Waals surface area contributed by atoms with Crippen LogP contribution in [-0.2, 0) is 6.18 Å². The Kier molecular flexibility index (Phi) is 4.42. The van der Waals surface area contributed by atoms with Gasteiger partial charge >= 0.3 is 6.18 Å². The molecule has 9 heteroatoms. The molecule has 0 saturated heterocycles. The van der Waals surface area contributed by atoms with Gasteiger partial charge in [-0.25, -0.2) is 4.98 Å². The lowest BCUT2D eigenvalue weighted by atomic mass is 10.0. The van der Waals surface area contributed by atoms with Crippen LogP contribution >= 0.6 is 0 Å². The zero-order chi connectivity index (χ0) is 20.6. The molecule has 3 aromatic heterocycles. The number of hydrogen-bond acceptors (Lipinski definition) is 5. The van der Waals surface area contributed by atoms with Gasteiger partial charge in [0.25, 0.3) is 0 Å². The summed E-state index contributed by atoms with van der Waals surface area (Å²) in [5, 5.41) is 10.9. The predicted molar refractivity (Wildman–Crippen MR) is 106 cm³/mol. The topological polar surface area (TPSA) is 92.5 Å². The van der Waals surface area contributed by atoms with Crippen molar-refractivity contribution in [2.24, 2.45) is 0 Å². The van der Waals surface area contributed by atoms with Gasteiger partial charge in [-0.15, -0.1) is 0 Å². The normalized spacial score (nSPS) is 11.6. The second-order valence-electron chi connectivity index (χ2n) is 6.37. The molecule has 6 nitrogen and oxygen atoms in total. The van der Waals surface area contributed by atoms with Gasteiger partial charge in [0, 0.05) is 29.5 Å². The number of nitrogens with zero attached hydrogens (tertiary/aromatic N) is 3. The Morgan fingerprint density at radius 2 is 1.86 bits per heavy atom. The van der Waals surface area contributed by atoms with Crippen molar-refractivity contribution in [1.29, 1.82) is 0 Å². The summed E-state index contributed by atoms with van der Waals surface area (Å²) >= 11 is 0. The molecule has 4 rings (SSSR count). The molecule has 4 aromatic rings. The van der Waals surface area contributed by atoms with E-state index in [9.17, 15) is 13.2 Å². The fourth-order valence-electron chi connectivity index (χ4n) is 2.89. The van der Waals surface area contributed by atoms with Crippen LogP contribution in [0.3, 0.4) is 0 Å². The van der Waals surface area contributed by atoms with Gasteiger partial charge in [0.15, 0.2) is 0 Å². The highest BCUT2D eigenvalue weighted by Crippen LogP contribution is 2.31. The van der Waals surface area contributed by atoms with E-state index in [1.165, 1.54) is 6.07 Å². The van der Waals surface area contributed by atoms with Crippen LogP contribution in [0.1, 0.15) is 11.3 Å². The molecule has 0 aliphatic carbocycles. The van der Waals surface area contributed by atoms with Crippen LogP contribution in [-0.4, -0.2) is 20.2 Å². The Bertz CT molecular complexity index is 1200. The summed E-state index contributed by atoms with van der Waals surface area (Å²) in [6.45, 7) is 3.94. The predicted octanol–water partition coefficient (Wildman–Crippen LogP) is 4.70. The van der Waals surface area contributed by atoms with Gasteiger partial charge in [0.05, 0.1) is 22.5 Å². The maximum absolute atomic E-state index is 12.7. The van der Waals surface area contributed by atoms with Crippen LogP contribution in [0, 0.1) is 0 Å². The number of halogens is 3. The third kappa shape index (κ3) is 3.75. The molecule has 0 bridgehead atoms. The average Bonchev–Trinajstić information content (AvgIpc) is 3.11. The van der Waals surface area contributed by atoms with Crippen molar-refractivity contribution in [3.63, 3.8) is 0 Å². The van der Waals surface area contributed by atoms with Gasteiger partial charge < -0.3 is 11.1 Å². The number of anilines is 2. The standard InChI is InChI=1S/C20H15F3N6/c1-11(27-18-5-3-14(9-26-18)20(21,22)23)19-16-7-12(2-4-17(16)28-29-19)13-6-15(24)10-25-8-13/h2-10H,1,24H2,(H,26,27)(H,28,29). The fourth-order valence-corrected chi connectivity index (χ4v) is 2.89. The SMILES string of the molecule is C=C(Nc1ccc(C(F)(F)F)cn1)c1n[nH]c2ccc(-c3cncc(N)c3)cc12. The summed E-state index contributed by atoms with van der Waals surface area (Å²) in [5.74, 6) is 0.232. The summed E-state index contributed by atoms with van der Waals surface area (Å²) in [6, 6.07) is 9.70. The van der Waals surface area contributed by atoms with Crippen LogP contribution in [0.2, 0.25) is 0 Å². The first kappa shape index (κ1) is 18.5. The van der Waals surface area contributed by atoms with Gasteiger partial charge in [0.2, 0.25) is 0 Å². The Morgan fingerprint density at radius 3 is 2.55 bits per heavy atom. The van der Waals surface area contributed by atoms with Crippen molar-refractivity contribution in [3.8, 4) is 11.1 Å². The minimum absolute atomic E-state index is 0.232. The van der Waals surface area contributed by atoms with Crippen molar-refractivity contribution >= 4 is 28.1 Å². The molecule has 0 radical (unpaired) electrons. The molecule has 0 fully saturated rings. The number of fused-ring (bicyclic) bond motifs is 1. The summed E-state index contributed by atoms with van der Waals surface area (Å²) in [5.41, 5.74) is 8.98. The highest BCUT2D eigenvalue weighted by Gasteiger charge is 2.30. The highest BCUT2D eigenvalue weighted by molar-refractivity contribution is 5.94. The quantitative estimate of drug-likeness (QED) is 0.465. The molecular weight excluding hydrogens is 381 g/mol. The van der Waals surface area contributed by atoms with Crippen molar-refractivity contribution in [3.05, 3.63) is 72.8 Å². The number of aromatic amines is 1. The molecule has 29 heavy (non-hydrogen) atoms. The second kappa shape index (κ2) is 6.93. The van der Waals surface area contributed by atoms with Gasteiger partial charge in [-0.3, -0.25) is 10.1 Å². The van der Waals surface area contributed by atoms with E-state index >= 15 is 0 Å². The lowest BCUT2D eigenvalue weighted by Gasteiger charge is -2.10. The second-order valence-corrected chi connectivity index (χ2v) is 6.37. The highest BCUT2D eigenvalue weighted by atomic mass is 19.4. The Hall–Kier alpha value is -3.88. The number of H-pyrrole nitrogens is 1. The molecule has 146 valence electrons. The monoisotopic (exact) mass is 396 g/mol. The van der Waals surface area contributed by atoms with Gasteiger partial charge in [0.1, 0.15) is 11.5 Å². The molecule has 4 N–H and O–H groups in total. The number of nitrogen functional groups attached to an aromatic ring is 1. The first-order valence-electron chi connectivity index (χ1n) is 8.50. The minimum atomic E-state index is -4.44. The first-order valence-corrected chi connectivity index (χ1v) is 8.50. The van der Waals surface area contributed by atoms with Crippen LogP contribution in [0.25, 0.3) is 27.7 Å². The minimum Gasteiger partial charge on any atom is -0.397 e. The number of aromatic nitrogens is 4. The smallest absolute Gasteiger partial charge is 0.397 e. The Labute approximate surface area is 163 Å². The van der Waals surface area contributed by atoms with Crippen molar-refractivity contribution in [2.45, 2.75) is 6.18 Å². The van der Waals surface area contributed by atoms with Crippen LogP contribution < -0.4 is 11.1 Å². The van der Waals surface area contributed by atoms with E-state index in [0.717, 1.165) is 34.3 Å². The molecule has 0 aliphatic heterocycles. The molecule has 0 spiro atoms. The number of alkyl halides is 3. The van der Waals surface area contributed by atoms with Crippen molar-refractivity contribution < 1.29 is 13.2 Å². The summed E-state index contributed by atoms with van der Waals surface area (Å²) < 4.78 is 38.0. The average molecular weight is 396 g/mol. The Morgan fingerprint density at radius 1 is 1.03 bits per heavy atom. The number of benzene rings is 1. The molecule has 0 aliphatic rings. The summed E-state index contributed by atoms with van der Waals surface area (Å²) in [6.07, 6.45) is -0.402. The van der Waals surface area contributed by atoms with Crippen LogP contribution in [0.15, 0.2) is 61.6 Å². The third-order valence-electron chi connectivity index (χ3n) is 4.31. The zero-order valence-corrected chi connectivity index (χ0v) is 15.0. The zero-order valence-electron chi connectivity index (χ0n) is 15.0. The molecule has 0 atom stereocenters. The third-order valence-corrected chi connectivity index (χ3v) is 4.31. The molecule has 0 unspecified atom stereocenters. The van der Waals surface area contributed by atoms with Gasteiger partial charge in [-0.1, -0.05) is 12.6 Å². The molecular formula is C20H15F3N6. The van der Waals surface area contributed by atoms with Crippen molar-refractivity contribution in [1.82, 2.24) is 20.2 Å². The van der Waals surface area contributed by atoms with E-state index in [4.69, 9.17) is 5.73 Å². The van der Waals surface area contributed by atoms with E-state index in [-0.39, 0.29) is 5.82 Å². The maximum atomic E-state index is 12.7. The lowest BCUT2D eigenvalue weighted by molar-refractivity contribution is -0.137. The number of nitrogens with one attached hydrogen (secondary N) is 2. The van der Waals surface area contributed by atoms with Gasteiger partial charge in [-0.05, 0) is 35.9 Å². The maximum Gasteiger partial charge on any atom is 0.417 e. The number of pyridine rings is 2. The number of hydrogen-bond donors (Lipinski definition) is 3. The van der Waals surface area contributed by atoms with E-state index in [1.807, 2.05) is 24.3 Å². The molecule has 0 saturated carbocycles. The fraction of sp³-hybridized carbons (Fsp3) is 0.0500. The lowest BCUT2D eigenvalue weighted by Crippen LogP contribution is -2.06. The van der Waals surface area contributed by atoms with E-state index in [0.29, 0.717) is 17.1 Å². The van der Waals surface area contributed by atoms with E-state index in [2.05, 4.69) is 32.1 Å². The summed E-state index contributed by atoms with van der Waals surface area (Å²) in [7, 11) is 0. The van der Waals surface area contributed by atoms with E-state index < -0.39 is 11.7 Å². The first-order chi connectivity index (χ1) is 13.8. The molecule has 0 amide bonds. The Balaban J connectivity index is 1.63. The number of rotatable bonds is 4. The number of nitrogens with two attached hydrogens (primary N) is 1. The van der Waals surface area contributed by atoms with Crippen LogP contribution in [0.4, 0.5) is 24.7 Å². The van der Waals surface area contributed by atoms with Crippen molar-refractivity contribution in [2.75, 3.05) is 11.1 Å². The van der Waals surface area contributed by atoms with Crippen LogP contribution in [0.5, 0.6) is 0 Å². The van der Waals surface area contributed by atoms with Gasteiger partial charge in [-0.2, -0.15) is 18.3 Å². The largest absolute Gasteiger partial charge is 0.417 e.